The summed E-state index contributed by atoms with van der Waals surface area (Å²) >= 11 is 0. The summed E-state index contributed by atoms with van der Waals surface area (Å²) in [5.74, 6) is -1.09. The van der Waals surface area contributed by atoms with Crippen LogP contribution in [0.1, 0.15) is 49.1 Å². The molecule has 0 aliphatic heterocycles. The minimum atomic E-state index is -0.985. The molecular formula is C22H23NO3. The van der Waals surface area contributed by atoms with Gasteiger partial charge < -0.3 is 10.4 Å². The molecule has 2 N–H and O–H groups in total. The Balaban J connectivity index is 1.64. The van der Waals surface area contributed by atoms with Gasteiger partial charge in [0.05, 0.1) is 0 Å². The lowest BCUT2D eigenvalue weighted by atomic mass is 9.89. The van der Waals surface area contributed by atoms with E-state index in [1.807, 2.05) is 48.5 Å². The molecule has 2 aromatic rings. The minimum Gasteiger partial charge on any atom is -0.480 e. The zero-order chi connectivity index (χ0) is 18.1. The summed E-state index contributed by atoms with van der Waals surface area (Å²) in [6.07, 6.45) is 4.91. The number of carbonyl (C=O) groups is 2. The van der Waals surface area contributed by atoms with Crippen LogP contribution in [-0.4, -0.2) is 23.0 Å². The van der Waals surface area contributed by atoms with Gasteiger partial charge in [0.25, 0.3) is 0 Å². The molecule has 1 fully saturated rings. The van der Waals surface area contributed by atoms with E-state index < -0.39 is 12.0 Å². The Bertz CT molecular complexity index is 793. The molecule has 0 radical (unpaired) electrons. The van der Waals surface area contributed by atoms with Crippen LogP contribution in [0, 0.1) is 5.92 Å². The molecule has 2 aliphatic rings. The average molecular weight is 349 g/mol. The van der Waals surface area contributed by atoms with Gasteiger partial charge in [0, 0.05) is 12.3 Å². The van der Waals surface area contributed by atoms with E-state index in [0.717, 1.165) is 35.1 Å². The quantitative estimate of drug-likeness (QED) is 0.859. The van der Waals surface area contributed by atoms with Crippen molar-refractivity contribution in [2.45, 2.75) is 44.1 Å². The molecule has 2 aliphatic carbocycles. The van der Waals surface area contributed by atoms with Crippen molar-refractivity contribution < 1.29 is 14.7 Å². The van der Waals surface area contributed by atoms with Gasteiger partial charge in [-0.3, -0.25) is 4.79 Å². The number of amides is 1. The van der Waals surface area contributed by atoms with Gasteiger partial charge in [0.1, 0.15) is 6.04 Å². The molecule has 4 nitrogen and oxygen atoms in total. The number of carboxylic acid groups (broad SMARTS) is 1. The number of nitrogens with one attached hydrogen (secondary N) is 1. The number of carboxylic acids is 1. The molecular weight excluding hydrogens is 326 g/mol. The van der Waals surface area contributed by atoms with Crippen LogP contribution in [-0.2, 0) is 9.59 Å². The van der Waals surface area contributed by atoms with E-state index in [2.05, 4.69) is 5.32 Å². The summed E-state index contributed by atoms with van der Waals surface area (Å²) in [6, 6.07) is 14.8. The lowest BCUT2D eigenvalue weighted by molar-refractivity contribution is -0.142. The van der Waals surface area contributed by atoms with Crippen molar-refractivity contribution in [2.24, 2.45) is 5.92 Å². The molecule has 26 heavy (non-hydrogen) atoms. The van der Waals surface area contributed by atoms with Crippen LogP contribution in [0.5, 0.6) is 0 Å². The molecule has 0 spiro atoms. The Kier molecular flexibility index (Phi) is 4.49. The van der Waals surface area contributed by atoms with Gasteiger partial charge in [-0.2, -0.15) is 0 Å². The second-order valence-electron chi connectivity index (χ2n) is 7.39. The number of carbonyl (C=O) groups excluding carboxylic acids is 1. The molecule has 1 amide bonds. The third kappa shape index (κ3) is 3.00. The molecule has 1 atom stereocenters. The van der Waals surface area contributed by atoms with E-state index in [-0.39, 0.29) is 11.8 Å². The maximum absolute atomic E-state index is 12.5. The summed E-state index contributed by atoms with van der Waals surface area (Å²) in [7, 11) is 0. The molecule has 0 saturated heterocycles. The fourth-order valence-corrected chi connectivity index (χ4v) is 4.55. The first kappa shape index (κ1) is 16.8. The summed E-state index contributed by atoms with van der Waals surface area (Å²) in [5.41, 5.74) is 4.07. The van der Waals surface area contributed by atoms with Crippen molar-refractivity contribution in [1.29, 1.82) is 0 Å². The van der Waals surface area contributed by atoms with Crippen LogP contribution >= 0.6 is 0 Å². The maximum Gasteiger partial charge on any atom is 0.327 e. The van der Waals surface area contributed by atoms with E-state index in [1.165, 1.54) is 12.8 Å². The van der Waals surface area contributed by atoms with E-state index >= 15 is 0 Å². The normalized spacial score (nSPS) is 17.5. The van der Waals surface area contributed by atoms with Gasteiger partial charge in [-0.25, -0.2) is 4.79 Å². The molecule has 134 valence electrons. The van der Waals surface area contributed by atoms with Crippen LogP contribution in [0.4, 0.5) is 0 Å². The van der Waals surface area contributed by atoms with Crippen molar-refractivity contribution in [3.63, 3.8) is 0 Å². The molecule has 4 rings (SSSR count). The van der Waals surface area contributed by atoms with Crippen molar-refractivity contribution in [3.8, 4) is 11.1 Å². The number of fused-ring (bicyclic) bond motifs is 3. The van der Waals surface area contributed by atoms with Crippen LogP contribution < -0.4 is 5.32 Å². The summed E-state index contributed by atoms with van der Waals surface area (Å²) in [5, 5.41) is 12.7. The standard InChI is InChI=1S/C22H23NO3/c24-19(13-14-7-1-2-8-14)23-21(22(25)26)20-17-11-5-3-9-15(17)16-10-4-6-12-18(16)20/h3-6,9-12,14,20-21H,1-2,7-8,13H2,(H,23,24)(H,25,26)/t21-/m1/s1. The first-order valence-corrected chi connectivity index (χ1v) is 9.35. The van der Waals surface area contributed by atoms with Gasteiger partial charge in [0.2, 0.25) is 5.91 Å². The summed E-state index contributed by atoms with van der Waals surface area (Å²) in [4.78, 5) is 24.6. The molecule has 4 heteroatoms. The Morgan fingerprint density at radius 3 is 2.04 bits per heavy atom. The van der Waals surface area contributed by atoms with Crippen molar-refractivity contribution in [2.75, 3.05) is 0 Å². The third-order valence-electron chi connectivity index (χ3n) is 5.75. The molecule has 0 unspecified atom stereocenters. The van der Waals surface area contributed by atoms with Crippen LogP contribution in [0.25, 0.3) is 11.1 Å². The second kappa shape index (κ2) is 6.94. The first-order valence-electron chi connectivity index (χ1n) is 9.35. The lowest BCUT2D eigenvalue weighted by Gasteiger charge is -2.24. The van der Waals surface area contributed by atoms with E-state index in [4.69, 9.17) is 0 Å². The highest BCUT2D eigenvalue weighted by Gasteiger charge is 2.39. The highest BCUT2D eigenvalue weighted by atomic mass is 16.4. The average Bonchev–Trinajstić information content (AvgIpc) is 3.25. The fraction of sp³-hybridized carbons (Fsp3) is 0.364. The number of hydrogen-bond donors (Lipinski definition) is 2. The predicted molar refractivity (Wildman–Crippen MR) is 99.9 cm³/mol. The number of hydrogen-bond acceptors (Lipinski definition) is 2. The smallest absolute Gasteiger partial charge is 0.327 e. The van der Waals surface area contributed by atoms with E-state index in [1.54, 1.807) is 0 Å². The predicted octanol–water partition coefficient (Wildman–Crippen LogP) is 3.95. The Hall–Kier alpha value is -2.62. The van der Waals surface area contributed by atoms with Crippen LogP contribution in [0.2, 0.25) is 0 Å². The molecule has 2 aromatic carbocycles. The Morgan fingerprint density at radius 1 is 0.962 bits per heavy atom. The minimum absolute atomic E-state index is 0.147. The largest absolute Gasteiger partial charge is 0.480 e. The SMILES string of the molecule is O=C(CC1CCCC1)N[C@@H](C(=O)O)C1c2ccccc2-c2ccccc21. The highest BCUT2D eigenvalue weighted by molar-refractivity contribution is 5.88. The molecule has 0 bridgehead atoms. The van der Waals surface area contributed by atoms with Gasteiger partial charge in [0.15, 0.2) is 0 Å². The van der Waals surface area contributed by atoms with Crippen molar-refractivity contribution in [3.05, 3.63) is 59.7 Å². The summed E-state index contributed by atoms with van der Waals surface area (Å²) < 4.78 is 0. The zero-order valence-electron chi connectivity index (χ0n) is 14.7. The fourth-order valence-electron chi connectivity index (χ4n) is 4.55. The highest BCUT2D eigenvalue weighted by Crippen LogP contribution is 2.46. The molecule has 1 saturated carbocycles. The third-order valence-corrected chi connectivity index (χ3v) is 5.75. The lowest BCUT2D eigenvalue weighted by Crippen LogP contribution is -2.45. The van der Waals surface area contributed by atoms with E-state index in [9.17, 15) is 14.7 Å². The topological polar surface area (TPSA) is 66.4 Å². The monoisotopic (exact) mass is 349 g/mol. The van der Waals surface area contributed by atoms with Crippen molar-refractivity contribution in [1.82, 2.24) is 5.32 Å². The molecule has 0 aromatic heterocycles. The Morgan fingerprint density at radius 2 is 1.50 bits per heavy atom. The van der Waals surface area contributed by atoms with Gasteiger partial charge in [-0.1, -0.05) is 61.4 Å². The first-order chi connectivity index (χ1) is 12.6. The summed E-state index contributed by atoms with van der Waals surface area (Å²) in [6.45, 7) is 0. The van der Waals surface area contributed by atoms with Gasteiger partial charge >= 0.3 is 5.97 Å². The molecule has 0 heterocycles. The Labute approximate surface area is 153 Å². The van der Waals surface area contributed by atoms with Crippen LogP contribution in [0.15, 0.2) is 48.5 Å². The van der Waals surface area contributed by atoms with Crippen LogP contribution in [0.3, 0.4) is 0 Å². The van der Waals surface area contributed by atoms with Gasteiger partial charge in [-0.05, 0) is 41.0 Å². The van der Waals surface area contributed by atoms with Gasteiger partial charge in [-0.15, -0.1) is 0 Å². The van der Waals surface area contributed by atoms with Crippen molar-refractivity contribution >= 4 is 11.9 Å². The van der Waals surface area contributed by atoms with E-state index in [0.29, 0.717) is 12.3 Å². The maximum atomic E-state index is 12.5. The number of benzene rings is 2. The number of rotatable bonds is 5. The second-order valence-corrected chi connectivity index (χ2v) is 7.39. The zero-order valence-corrected chi connectivity index (χ0v) is 14.7. The number of aliphatic carboxylic acids is 1.